The third-order valence-corrected chi connectivity index (χ3v) is 4.41. The third-order valence-electron chi connectivity index (χ3n) is 3.24. The molecule has 2 aromatic rings. The zero-order chi connectivity index (χ0) is 14.1. The second-order valence-corrected chi connectivity index (χ2v) is 5.69. The van der Waals surface area contributed by atoms with Crippen molar-refractivity contribution in [1.82, 2.24) is 15.3 Å². The van der Waals surface area contributed by atoms with Gasteiger partial charge in [-0.3, -0.25) is 10.2 Å². The molecule has 20 heavy (non-hydrogen) atoms. The van der Waals surface area contributed by atoms with E-state index in [2.05, 4.69) is 33.7 Å². The summed E-state index contributed by atoms with van der Waals surface area (Å²) in [5, 5.41) is 3.80. The van der Waals surface area contributed by atoms with Gasteiger partial charge in [0.05, 0.1) is 11.9 Å². The van der Waals surface area contributed by atoms with Gasteiger partial charge in [0, 0.05) is 18.0 Å². The number of rotatable bonds is 3. The topological polar surface area (TPSA) is 96.2 Å². The first-order valence-electron chi connectivity index (χ1n) is 6.50. The Labute approximate surface area is 120 Å². The van der Waals surface area contributed by atoms with E-state index in [0.29, 0.717) is 19.0 Å². The van der Waals surface area contributed by atoms with Gasteiger partial charge >= 0.3 is 0 Å². The van der Waals surface area contributed by atoms with Gasteiger partial charge < -0.3 is 10.2 Å². The first-order chi connectivity index (χ1) is 9.71. The molecule has 1 amide bonds. The minimum absolute atomic E-state index is 0.0104. The standard InChI is InChI=1S/C12H16N6OS/c1-2-7-5-8-10(18-4-3-14-9(19)6-18)15-12(17-13)16-11(8)20-7/h5H,2-4,6,13H2,1H3,(H,14,19)(H,15,16,17). The van der Waals surface area contributed by atoms with Gasteiger partial charge in [0.1, 0.15) is 10.6 Å². The van der Waals surface area contributed by atoms with Crippen LogP contribution in [0.25, 0.3) is 10.2 Å². The molecule has 0 aliphatic carbocycles. The van der Waals surface area contributed by atoms with Crippen LogP contribution in [0.2, 0.25) is 0 Å². The van der Waals surface area contributed by atoms with Crippen molar-refractivity contribution in [2.75, 3.05) is 30.0 Å². The van der Waals surface area contributed by atoms with Crippen LogP contribution in [0.3, 0.4) is 0 Å². The number of nitrogens with zero attached hydrogens (tertiary/aromatic N) is 3. The lowest BCUT2D eigenvalue weighted by Gasteiger charge is -2.28. The lowest BCUT2D eigenvalue weighted by molar-refractivity contribution is -0.120. The number of hydrazine groups is 1. The maximum absolute atomic E-state index is 11.6. The molecule has 0 saturated carbocycles. The molecule has 0 unspecified atom stereocenters. The fourth-order valence-corrected chi connectivity index (χ4v) is 3.22. The van der Waals surface area contributed by atoms with Gasteiger partial charge in [-0.2, -0.15) is 4.98 Å². The van der Waals surface area contributed by atoms with Crippen molar-refractivity contribution in [3.05, 3.63) is 10.9 Å². The number of aryl methyl sites for hydroxylation is 1. The fraction of sp³-hybridized carbons (Fsp3) is 0.417. The predicted molar refractivity (Wildman–Crippen MR) is 79.8 cm³/mol. The summed E-state index contributed by atoms with van der Waals surface area (Å²) in [6.07, 6.45) is 0.951. The first kappa shape index (κ1) is 13.1. The van der Waals surface area contributed by atoms with E-state index >= 15 is 0 Å². The molecule has 106 valence electrons. The van der Waals surface area contributed by atoms with Crippen molar-refractivity contribution >= 4 is 39.2 Å². The van der Waals surface area contributed by atoms with Crippen LogP contribution in [0.5, 0.6) is 0 Å². The number of piperazine rings is 1. The monoisotopic (exact) mass is 292 g/mol. The van der Waals surface area contributed by atoms with E-state index in [0.717, 1.165) is 29.0 Å². The Morgan fingerprint density at radius 1 is 1.55 bits per heavy atom. The molecule has 3 heterocycles. The highest BCUT2D eigenvalue weighted by Crippen LogP contribution is 2.32. The number of carbonyl (C=O) groups is 1. The molecule has 7 nitrogen and oxygen atoms in total. The van der Waals surface area contributed by atoms with Crippen LogP contribution in [0, 0.1) is 0 Å². The number of hydrogen-bond acceptors (Lipinski definition) is 7. The second kappa shape index (κ2) is 5.22. The molecule has 0 aromatic carbocycles. The summed E-state index contributed by atoms with van der Waals surface area (Å²) < 4.78 is 0. The zero-order valence-corrected chi connectivity index (χ0v) is 12.0. The predicted octanol–water partition coefficient (Wildman–Crippen LogP) is 0.475. The Morgan fingerprint density at radius 2 is 2.40 bits per heavy atom. The molecule has 0 radical (unpaired) electrons. The molecule has 2 aromatic heterocycles. The molecule has 1 aliphatic heterocycles. The number of nitrogens with one attached hydrogen (secondary N) is 2. The Balaban J connectivity index is 2.11. The number of nitrogens with two attached hydrogens (primary N) is 1. The van der Waals surface area contributed by atoms with E-state index in [1.165, 1.54) is 4.88 Å². The highest BCUT2D eigenvalue weighted by molar-refractivity contribution is 7.18. The van der Waals surface area contributed by atoms with E-state index < -0.39 is 0 Å². The quantitative estimate of drug-likeness (QED) is 0.562. The molecule has 8 heteroatoms. The first-order valence-corrected chi connectivity index (χ1v) is 7.31. The Bertz CT molecular complexity index is 655. The molecule has 1 fully saturated rings. The number of thiophene rings is 1. The minimum atomic E-state index is 0.0104. The van der Waals surface area contributed by atoms with Gasteiger partial charge in [0.15, 0.2) is 0 Å². The van der Waals surface area contributed by atoms with Crippen molar-refractivity contribution in [3.63, 3.8) is 0 Å². The molecule has 4 N–H and O–H groups in total. The highest BCUT2D eigenvalue weighted by atomic mass is 32.1. The molecule has 0 spiro atoms. The summed E-state index contributed by atoms with van der Waals surface area (Å²) >= 11 is 1.63. The molecular weight excluding hydrogens is 276 g/mol. The molecule has 1 saturated heterocycles. The van der Waals surface area contributed by atoms with E-state index in [1.807, 2.05) is 4.90 Å². The summed E-state index contributed by atoms with van der Waals surface area (Å²) in [6.45, 7) is 3.78. The van der Waals surface area contributed by atoms with Gasteiger partial charge in [-0.1, -0.05) is 6.92 Å². The van der Waals surface area contributed by atoms with Gasteiger partial charge in [-0.15, -0.1) is 11.3 Å². The zero-order valence-electron chi connectivity index (χ0n) is 11.1. The summed E-state index contributed by atoms with van der Waals surface area (Å²) in [7, 11) is 0. The van der Waals surface area contributed by atoms with Crippen LogP contribution in [-0.2, 0) is 11.2 Å². The number of hydrogen-bond donors (Lipinski definition) is 3. The van der Waals surface area contributed by atoms with Gasteiger partial charge in [-0.05, 0) is 12.5 Å². The maximum atomic E-state index is 11.6. The maximum Gasteiger partial charge on any atom is 0.240 e. The minimum Gasteiger partial charge on any atom is -0.353 e. The van der Waals surface area contributed by atoms with Crippen LogP contribution < -0.4 is 21.5 Å². The van der Waals surface area contributed by atoms with Gasteiger partial charge in [0.25, 0.3) is 0 Å². The summed E-state index contributed by atoms with van der Waals surface area (Å²) in [5.74, 6) is 6.60. The van der Waals surface area contributed by atoms with Crippen LogP contribution in [0.1, 0.15) is 11.8 Å². The van der Waals surface area contributed by atoms with Crippen molar-refractivity contribution in [2.24, 2.45) is 5.84 Å². The van der Waals surface area contributed by atoms with E-state index in [4.69, 9.17) is 5.84 Å². The molecular formula is C12H16N6OS. The van der Waals surface area contributed by atoms with Crippen LogP contribution in [-0.4, -0.2) is 35.5 Å². The average Bonchev–Trinajstić information content (AvgIpc) is 2.89. The van der Waals surface area contributed by atoms with Crippen LogP contribution >= 0.6 is 11.3 Å². The molecule has 0 atom stereocenters. The summed E-state index contributed by atoms with van der Waals surface area (Å²) in [5.41, 5.74) is 2.49. The van der Waals surface area contributed by atoms with Crippen molar-refractivity contribution in [2.45, 2.75) is 13.3 Å². The van der Waals surface area contributed by atoms with Gasteiger partial charge in [0.2, 0.25) is 11.9 Å². The Morgan fingerprint density at radius 3 is 3.10 bits per heavy atom. The normalized spacial score (nSPS) is 15.5. The van der Waals surface area contributed by atoms with E-state index in [9.17, 15) is 4.79 Å². The number of anilines is 2. The number of nitrogen functional groups attached to an aromatic ring is 1. The molecule has 1 aliphatic rings. The summed E-state index contributed by atoms with van der Waals surface area (Å²) in [4.78, 5) is 24.5. The third kappa shape index (κ3) is 2.27. The smallest absolute Gasteiger partial charge is 0.240 e. The van der Waals surface area contributed by atoms with E-state index in [-0.39, 0.29) is 5.91 Å². The van der Waals surface area contributed by atoms with Crippen LogP contribution in [0.4, 0.5) is 11.8 Å². The Hall–Kier alpha value is -1.93. The SMILES string of the molecule is CCc1cc2c(N3CCNC(=O)C3)nc(NN)nc2s1. The fourth-order valence-electron chi connectivity index (χ4n) is 2.26. The van der Waals surface area contributed by atoms with Gasteiger partial charge in [-0.25, -0.2) is 10.8 Å². The lowest BCUT2D eigenvalue weighted by Crippen LogP contribution is -2.48. The Kier molecular flexibility index (Phi) is 3.41. The van der Waals surface area contributed by atoms with Crippen molar-refractivity contribution in [1.29, 1.82) is 0 Å². The number of fused-ring (bicyclic) bond motifs is 1. The molecule has 3 rings (SSSR count). The largest absolute Gasteiger partial charge is 0.353 e. The number of amides is 1. The highest BCUT2D eigenvalue weighted by Gasteiger charge is 2.21. The van der Waals surface area contributed by atoms with Crippen molar-refractivity contribution in [3.8, 4) is 0 Å². The number of carbonyl (C=O) groups excluding carboxylic acids is 1. The molecule has 0 bridgehead atoms. The van der Waals surface area contributed by atoms with Crippen LogP contribution in [0.15, 0.2) is 6.07 Å². The van der Waals surface area contributed by atoms with Crippen molar-refractivity contribution < 1.29 is 4.79 Å². The second-order valence-electron chi connectivity index (χ2n) is 4.57. The average molecular weight is 292 g/mol. The lowest BCUT2D eigenvalue weighted by atomic mass is 10.2. The van der Waals surface area contributed by atoms with E-state index in [1.54, 1.807) is 11.3 Å². The summed E-state index contributed by atoms with van der Waals surface area (Å²) in [6, 6.07) is 2.10. The number of aromatic nitrogens is 2.